The van der Waals surface area contributed by atoms with Gasteiger partial charge in [0, 0.05) is 22.6 Å². The summed E-state index contributed by atoms with van der Waals surface area (Å²) in [5, 5.41) is 0.856. The van der Waals surface area contributed by atoms with E-state index < -0.39 is 0 Å². The summed E-state index contributed by atoms with van der Waals surface area (Å²) in [7, 11) is 0. The lowest BCUT2D eigenvalue weighted by atomic mass is 10.0. The van der Waals surface area contributed by atoms with Gasteiger partial charge < -0.3 is 0 Å². The Kier molecular flexibility index (Phi) is 10.0. The molecule has 0 aliphatic heterocycles. The number of halogens is 1. The minimum absolute atomic E-state index is 0.856. The number of aryl methyl sites for hydroxylation is 4. The highest BCUT2D eigenvalue weighted by atomic mass is 35.5. The van der Waals surface area contributed by atoms with Crippen LogP contribution in [0.25, 0.3) is 0 Å². The zero-order valence-corrected chi connectivity index (χ0v) is 20.2. The molecule has 29 heavy (non-hydrogen) atoms. The summed E-state index contributed by atoms with van der Waals surface area (Å²) in [4.78, 5) is 9.18. The van der Waals surface area contributed by atoms with E-state index in [-0.39, 0.29) is 0 Å². The van der Waals surface area contributed by atoms with Crippen LogP contribution in [-0.2, 0) is 0 Å². The number of allylic oxidation sites excluding steroid dienone is 1. The monoisotopic (exact) mass is 410 g/mol. The Bertz CT molecular complexity index is 914. The van der Waals surface area contributed by atoms with E-state index in [1.807, 2.05) is 39.1 Å². The maximum absolute atomic E-state index is 5.81. The quantitative estimate of drug-likeness (QED) is 0.451. The smallest absolute Gasteiger partial charge is 0.0664 e. The molecule has 0 aliphatic carbocycles. The first kappa shape index (κ1) is 24.8. The number of hydrogen-bond acceptors (Lipinski definition) is 2. The molecule has 0 atom stereocenters. The van der Waals surface area contributed by atoms with Crippen LogP contribution in [0.15, 0.2) is 52.1 Å². The molecule has 156 valence electrons. The average Bonchev–Trinajstić information content (AvgIpc) is 2.68. The van der Waals surface area contributed by atoms with Crippen molar-refractivity contribution < 1.29 is 0 Å². The second kappa shape index (κ2) is 11.7. The topological polar surface area (TPSA) is 24.7 Å². The van der Waals surface area contributed by atoms with E-state index in [0.717, 1.165) is 34.1 Å². The van der Waals surface area contributed by atoms with Crippen molar-refractivity contribution in [2.75, 3.05) is 0 Å². The third-order valence-electron chi connectivity index (χ3n) is 5.20. The van der Waals surface area contributed by atoms with Gasteiger partial charge in [0.2, 0.25) is 0 Å². The molecule has 0 aliphatic rings. The van der Waals surface area contributed by atoms with Gasteiger partial charge in [-0.15, -0.1) is 0 Å². The molecule has 0 unspecified atom stereocenters. The summed E-state index contributed by atoms with van der Waals surface area (Å²) >= 11 is 5.81. The van der Waals surface area contributed by atoms with Gasteiger partial charge in [-0.25, -0.2) is 0 Å². The van der Waals surface area contributed by atoms with Gasteiger partial charge >= 0.3 is 0 Å². The van der Waals surface area contributed by atoms with Crippen molar-refractivity contribution in [3.8, 4) is 0 Å². The van der Waals surface area contributed by atoms with Gasteiger partial charge in [0.1, 0.15) is 0 Å². The predicted octanol–water partition coefficient (Wildman–Crippen LogP) is 8.44. The first-order valence-corrected chi connectivity index (χ1v) is 10.5. The lowest BCUT2D eigenvalue weighted by molar-refractivity contribution is 1.24. The van der Waals surface area contributed by atoms with Gasteiger partial charge in [0.25, 0.3) is 0 Å². The standard InChI is InChI=1S/C18H26N2.C8H9Cl/c1-8-16(6)19-11-15(5)17(7)20-18-10-13(3)12(2)9-14(18)4;1-6-4-3-5-8(9)7(6)2/h9-11H,8H2,1-7H3;3-5H,1-2H3/b15-11+,19-16?,20-17?;. The van der Waals surface area contributed by atoms with Crippen molar-refractivity contribution in [2.45, 2.75) is 68.7 Å². The fourth-order valence-electron chi connectivity index (χ4n) is 2.44. The second-order valence-electron chi connectivity index (χ2n) is 7.63. The van der Waals surface area contributed by atoms with Crippen LogP contribution in [0.4, 0.5) is 5.69 Å². The van der Waals surface area contributed by atoms with Crippen molar-refractivity contribution in [3.05, 3.63) is 74.9 Å². The highest BCUT2D eigenvalue weighted by Crippen LogP contribution is 2.23. The van der Waals surface area contributed by atoms with Crippen molar-refractivity contribution in [2.24, 2.45) is 9.98 Å². The fourth-order valence-corrected chi connectivity index (χ4v) is 2.66. The SMILES string of the molecule is CCC(C)=N/C=C(\C)C(C)=Nc1cc(C)c(C)cc1C.Cc1cccc(Cl)c1C. The van der Waals surface area contributed by atoms with E-state index in [1.165, 1.54) is 27.8 Å². The summed E-state index contributed by atoms with van der Waals surface area (Å²) < 4.78 is 0. The number of aliphatic imine (C=N–C) groups is 2. The average molecular weight is 411 g/mol. The van der Waals surface area contributed by atoms with Gasteiger partial charge in [0.05, 0.1) is 5.69 Å². The van der Waals surface area contributed by atoms with Crippen LogP contribution in [0.2, 0.25) is 5.02 Å². The van der Waals surface area contributed by atoms with Crippen LogP contribution in [0.3, 0.4) is 0 Å². The lowest BCUT2D eigenvalue weighted by Crippen LogP contribution is -1.94. The van der Waals surface area contributed by atoms with E-state index in [9.17, 15) is 0 Å². The van der Waals surface area contributed by atoms with Crippen LogP contribution in [0.5, 0.6) is 0 Å². The molecule has 0 heterocycles. The minimum atomic E-state index is 0.856. The highest BCUT2D eigenvalue weighted by Gasteiger charge is 2.02. The highest BCUT2D eigenvalue weighted by molar-refractivity contribution is 6.31. The molecule has 0 bridgehead atoms. The number of benzene rings is 2. The maximum Gasteiger partial charge on any atom is 0.0664 e. The molecule has 0 aromatic heterocycles. The Balaban J connectivity index is 0.000000387. The van der Waals surface area contributed by atoms with Gasteiger partial charge in [0.15, 0.2) is 0 Å². The molecule has 2 aromatic carbocycles. The maximum atomic E-state index is 5.81. The van der Waals surface area contributed by atoms with Crippen LogP contribution < -0.4 is 0 Å². The zero-order chi connectivity index (χ0) is 22.1. The Morgan fingerprint density at radius 2 is 1.52 bits per heavy atom. The van der Waals surface area contributed by atoms with E-state index in [2.05, 4.69) is 64.7 Å². The molecule has 0 N–H and O–H groups in total. The van der Waals surface area contributed by atoms with Crippen LogP contribution >= 0.6 is 11.6 Å². The van der Waals surface area contributed by atoms with Crippen molar-refractivity contribution in [1.82, 2.24) is 0 Å². The summed E-state index contributed by atoms with van der Waals surface area (Å²) in [5.74, 6) is 0. The zero-order valence-electron chi connectivity index (χ0n) is 19.4. The molecule has 2 aromatic rings. The molecule has 2 rings (SSSR count). The summed E-state index contributed by atoms with van der Waals surface area (Å²) in [5.41, 5.74) is 10.6. The summed E-state index contributed by atoms with van der Waals surface area (Å²) in [6, 6.07) is 10.3. The molecule has 0 amide bonds. The van der Waals surface area contributed by atoms with Gasteiger partial charge in [-0.2, -0.15) is 0 Å². The van der Waals surface area contributed by atoms with Crippen molar-refractivity contribution in [3.63, 3.8) is 0 Å². The number of rotatable bonds is 4. The molecule has 0 radical (unpaired) electrons. The van der Waals surface area contributed by atoms with Crippen molar-refractivity contribution in [1.29, 1.82) is 0 Å². The molecule has 0 saturated heterocycles. The van der Waals surface area contributed by atoms with E-state index in [1.54, 1.807) is 0 Å². The Labute approximate surface area is 182 Å². The molecular formula is C26H35ClN2. The molecule has 0 saturated carbocycles. The molecule has 2 nitrogen and oxygen atoms in total. The second-order valence-corrected chi connectivity index (χ2v) is 8.04. The minimum Gasteiger partial charge on any atom is -0.266 e. The fraction of sp³-hybridized carbons (Fsp3) is 0.385. The molecule has 3 heteroatoms. The third-order valence-corrected chi connectivity index (χ3v) is 5.61. The summed E-state index contributed by atoms with van der Waals surface area (Å²) in [6.07, 6.45) is 2.89. The van der Waals surface area contributed by atoms with Crippen molar-refractivity contribution >= 4 is 28.7 Å². The Morgan fingerprint density at radius 1 is 0.897 bits per heavy atom. The normalized spacial score (nSPS) is 12.6. The lowest BCUT2D eigenvalue weighted by Gasteiger charge is -2.07. The first-order valence-electron chi connectivity index (χ1n) is 10.1. The van der Waals surface area contributed by atoms with E-state index in [0.29, 0.717) is 0 Å². The Morgan fingerprint density at radius 3 is 2.07 bits per heavy atom. The van der Waals surface area contributed by atoms with Gasteiger partial charge in [-0.05, 0) is 107 Å². The van der Waals surface area contributed by atoms with Crippen LogP contribution in [0.1, 0.15) is 61.9 Å². The van der Waals surface area contributed by atoms with Crippen LogP contribution in [-0.4, -0.2) is 11.4 Å². The number of hydrogen-bond donors (Lipinski definition) is 0. The Hall–Kier alpha value is -2.19. The van der Waals surface area contributed by atoms with E-state index >= 15 is 0 Å². The number of nitrogens with zero attached hydrogens (tertiary/aromatic N) is 2. The van der Waals surface area contributed by atoms with E-state index in [4.69, 9.17) is 16.6 Å². The van der Waals surface area contributed by atoms with Crippen LogP contribution in [0, 0.1) is 34.6 Å². The molecule has 0 fully saturated rings. The summed E-state index contributed by atoms with van der Waals surface area (Å²) in [6.45, 7) is 18.7. The first-order chi connectivity index (χ1) is 13.6. The van der Waals surface area contributed by atoms with Gasteiger partial charge in [-0.1, -0.05) is 36.7 Å². The third kappa shape index (κ3) is 7.98. The predicted molar refractivity (Wildman–Crippen MR) is 132 cm³/mol. The van der Waals surface area contributed by atoms with Gasteiger partial charge in [-0.3, -0.25) is 9.98 Å². The largest absolute Gasteiger partial charge is 0.266 e. The molecular weight excluding hydrogens is 376 g/mol. The molecule has 0 spiro atoms.